The summed E-state index contributed by atoms with van der Waals surface area (Å²) in [5.41, 5.74) is 0. The van der Waals surface area contributed by atoms with E-state index in [-0.39, 0.29) is 0 Å². The minimum Gasteiger partial charge on any atom is -0.303 e. The molecule has 0 aromatic carbocycles. The van der Waals surface area contributed by atoms with Gasteiger partial charge in [0.15, 0.2) is 0 Å². The van der Waals surface area contributed by atoms with E-state index in [4.69, 9.17) is 0 Å². The number of piperidine rings is 1. The molecule has 0 aliphatic carbocycles. The molecule has 1 aliphatic rings. The second-order valence-corrected chi connectivity index (χ2v) is 4.57. The van der Waals surface area contributed by atoms with Crippen LogP contribution in [0.4, 0.5) is 0 Å². The van der Waals surface area contributed by atoms with Gasteiger partial charge in [0.2, 0.25) is 0 Å². The molecule has 1 heterocycles. The zero-order chi connectivity index (χ0) is 9.14. The third kappa shape index (κ3) is 2.22. The third-order valence-corrected chi connectivity index (χ3v) is 3.43. The lowest BCUT2D eigenvalue weighted by Gasteiger charge is -2.39. The fraction of sp³-hybridized carbons (Fsp3) is 1.00. The topological polar surface area (TPSA) is 3.24 Å². The highest BCUT2D eigenvalue weighted by molar-refractivity contribution is 4.79. The van der Waals surface area contributed by atoms with Crippen molar-refractivity contribution in [1.29, 1.82) is 0 Å². The number of hydrogen-bond donors (Lipinski definition) is 0. The minimum atomic E-state index is 0.889. The summed E-state index contributed by atoms with van der Waals surface area (Å²) in [6, 6.07) is 0. The van der Waals surface area contributed by atoms with E-state index in [0.717, 1.165) is 17.8 Å². The molecule has 0 amide bonds. The molecule has 1 rings (SSSR count). The van der Waals surface area contributed by atoms with Crippen LogP contribution < -0.4 is 0 Å². The van der Waals surface area contributed by atoms with Crippen molar-refractivity contribution in [2.75, 3.05) is 19.6 Å². The molecular weight excluding hydrogens is 146 g/mol. The fourth-order valence-electron chi connectivity index (χ4n) is 2.28. The fourth-order valence-corrected chi connectivity index (χ4v) is 2.28. The standard InChI is InChI=1S/C11H23N/c1-5-6-12-7-9(2)11(4)10(3)8-12/h9-11H,5-8H2,1-4H3/t9-,10+,11?. The zero-order valence-corrected chi connectivity index (χ0v) is 9.01. The SMILES string of the molecule is CCCN1C[C@@H](C)C(C)[C@@H](C)C1. The maximum atomic E-state index is 2.62. The van der Waals surface area contributed by atoms with Gasteiger partial charge in [-0.1, -0.05) is 27.7 Å². The Balaban J connectivity index is 2.42. The van der Waals surface area contributed by atoms with Gasteiger partial charge in [-0.25, -0.2) is 0 Å². The summed E-state index contributed by atoms with van der Waals surface area (Å²) in [5.74, 6) is 2.69. The van der Waals surface area contributed by atoms with Crippen LogP contribution in [0.1, 0.15) is 34.1 Å². The molecule has 1 nitrogen and oxygen atoms in total. The zero-order valence-electron chi connectivity index (χ0n) is 9.01. The van der Waals surface area contributed by atoms with E-state index in [2.05, 4.69) is 32.6 Å². The Labute approximate surface area is 77.1 Å². The van der Waals surface area contributed by atoms with Crippen molar-refractivity contribution in [2.45, 2.75) is 34.1 Å². The molecule has 0 aromatic rings. The van der Waals surface area contributed by atoms with E-state index in [1.165, 1.54) is 26.1 Å². The summed E-state index contributed by atoms with van der Waals surface area (Å²) in [7, 11) is 0. The highest BCUT2D eigenvalue weighted by atomic mass is 15.1. The smallest absolute Gasteiger partial charge is 0.000979 e. The highest BCUT2D eigenvalue weighted by Gasteiger charge is 2.27. The first-order chi connectivity index (χ1) is 5.65. The number of likely N-dealkylation sites (tertiary alicyclic amines) is 1. The Morgan fingerprint density at radius 3 is 2.00 bits per heavy atom. The van der Waals surface area contributed by atoms with E-state index in [0.29, 0.717) is 0 Å². The molecule has 1 saturated heterocycles. The third-order valence-electron chi connectivity index (χ3n) is 3.43. The van der Waals surface area contributed by atoms with Crippen molar-refractivity contribution < 1.29 is 0 Å². The van der Waals surface area contributed by atoms with E-state index in [1.807, 2.05) is 0 Å². The van der Waals surface area contributed by atoms with Crippen LogP contribution in [-0.2, 0) is 0 Å². The van der Waals surface area contributed by atoms with Crippen LogP contribution in [0.15, 0.2) is 0 Å². The maximum Gasteiger partial charge on any atom is 0.000979 e. The molecule has 3 atom stereocenters. The first kappa shape index (κ1) is 10.0. The van der Waals surface area contributed by atoms with Gasteiger partial charge in [-0.05, 0) is 30.7 Å². The van der Waals surface area contributed by atoms with Crippen LogP contribution in [0.2, 0.25) is 0 Å². The van der Waals surface area contributed by atoms with Crippen LogP contribution in [0.25, 0.3) is 0 Å². The van der Waals surface area contributed by atoms with Crippen molar-refractivity contribution in [1.82, 2.24) is 4.90 Å². The lowest BCUT2D eigenvalue weighted by atomic mass is 9.81. The normalized spacial score (nSPS) is 38.5. The Hall–Kier alpha value is -0.0400. The Morgan fingerprint density at radius 1 is 1.08 bits per heavy atom. The molecule has 0 spiro atoms. The van der Waals surface area contributed by atoms with Crippen molar-refractivity contribution in [2.24, 2.45) is 17.8 Å². The molecule has 1 heteroatoms. The molecule has 0 saturated carbocycles. The van der Waals surface area contributed by atoms with Gasteiger partial charge in [-0.15, -0.1) is 0 Å². The van der Waals surface area contributed by atoms with Crippen molar-refractivity contribution in [3.8, 4) is 0 Å². The quantitative estimate of drug-likeness (QED) is 0.614. The van der Waals surface area contributed by atoms with Crippen LogP contribution >= 0.6 is 0 Å². The van der Waals surface area contributed by atoms with E-state index in [9.17, 15) is 0 Å². The molecule has 0 aromatic heterocycles. The summed E-state index contributed by atoms with van der Waals surface area (Å²) < 4.78 is 0. The van der Waals surface area contributed by atoms with E-state index in [1.54, 1.807) is 0 Å². The Morgan fingerprint density at radius 2 is 1.58 bits per heavy atom. The van der Waals surface area contributed by atoms with Gasteiger partial charge in [0, 0.05) is 13.1 Å². The minimum absolute atomic E-state index is 0.889. The van der Waals surface area contributed by atoms with Gasteiger partial charge < -0.3 is 4.90 Å². The molecule has 1 fully saturated rings. The second-order valence-electron chi connectivity index (χ2n) is 4.57. The van der Waals surface area contributed by atoms with E-state index >= 15 is 0 Å². The van der Waals surface area contributed by atoms with Gasteiger partial charge in [-0.2, -0.15) is 0 Å². The largest absolute Gasteiger partial charge is 0.303 e. The molecule has 1 aliphatic heterocycles. The van der Waals surface area contributed by atoms with E-state index < -0.39 is 0 Å². The Bertz CT molecular complexity index is 121. The number of rotatable bonds is 2. The van der Waals surface area contributed by atoms with Crippen molar-refractivity contribution >= 4 is 0 Å². The van der Waals surface area contributed by atoms with Crippen LogP contribution in [0, 0.1) is 17.8 Å². The molecule has 0 radical (unpaired) electrons. The summed E-state index contributed by atoms with van der Waals surface area (Å²) in [5, 5.41) is 0. The summed E-state index contributed by atoms with van der Waals surface area (Å²) >= 11 is 0. The van der Waals surface area contributed by atoms with Gasteiger partial charge in [0.25, 0.3) is 0 Å². The molecule has 0 bridgehead atoms. The summed E-state index contributed by atoms with van der Waals surface area (Å²) in [6.07, 6.45) is 1.30. The second kappa shape index (κ2) is 4.27. The van der Waals surface area contributed by atoms with Gasteiger partial charge in [0.1, 0.15) is 0 Å². The first-order valence-corrected chi connectivity index (χ1v) is 5.37. The average molecular weight is 169 g/mol. The van der Waals surface area contributed by atoms with Gasteiger partial charge in [0.05, 0.1) is 0 Å². The molecule has 72 valence electrons. The molecule has 0 N–H and O–H groups in total. The number of hydrogen-bond acceptors (Lipinski definition) is 1. The van der Waals surface area contributed by atoms with Gasteiger partial charge in [-0.3, -0.25) is 0 Å². The summed E-state index contributed by atoms with van der Waals surface area (Å²) in [4.78, 5) is 2.62. The lowest BCUT2D eigenvalue weighted by molar-refractivity contribution is 0.0886. The summed E-state index contributed by atoms with van der Waals surface area (Å²) in [6.45, 7) is 13.4. The molecule has 12 heavy (non-hydrogen) atoms. The average Bonchev–Trinajstić information content (AvgIpc) is 2.01. The predicted molar refractivity (Wildman–Crippen MR) is 54.2 cm³/mol. The highest BCUT2D eigenvalue weighted by Crippen LogP contribution is 2.27. The van der Waals surface area contributed by atoms with Crippen molar-refractivity contribution in [3.05, 3.63) is 0 Å². The lowest BCUT2D eigenvalue weighted by Crippen LogP contribution is -2.43. The maximum absolute atomic E-state index is 2.62. The van der Waals surface area contributed by atoms with Crippen LogP contribution in [0.3, 0.4) is 0 Å². The van der Waals surface area contributed by atoms with Gasteiger partial charge >= 0.3 is 0 Å². The first-order valence-electron chi connectivity index (χ1n) is 5.37. The number of nitrogens with zero attached hydrogens (tertiary/aromatic N) is 1. The van der Waals surface area contributed by atoms with Crippen molar-refractivity contribution in [3.63, 3.8) is 0 Å². The molecular formula is C11H23N. The Kier molecular flexibility index (Phi) is 3.57. The monoisotopic (exact) mass is 169 g/mol. The predicted octanol–water partition coefficient (Wildman–Crippen LogP) is 2.62. The molecule has 1 unspecified atom stereocenters. The van der Waals surface area contributed by atoms with Crippen LogP contribution in [0.5, 0.6) is 0 Å². The van der Waals surface area contributed by atoms with Crippen LogP contribution in [-0.4, -0.2) is 24.5 Å².